The molecule has 1 aliphatic rings. The standard InChI is InChI=1S/C22H35N5O3/c1-5-16(4)24-20(28)17-7-6-12-27(14-17)22(30)26-19-10-8-18(9-11-19)25-21(29)23-13-15(2)3/h8-11,15-17H,5-7,12-14H2,1-4H3,(H,24,28)(H,26,30)(H2,23,25,29)/t16-,17-/m0/s1. The predicted molar refractivity (Wildman–Crippen MR) is 120 cm³/mol. The van der Waals surface area contributed by atoms with Gasteiger partial charge in [0.1, 0.15) is 0 Å². The van der Waals surface area contributed by atoms with Crippen LogP contribution in [-0.4, -0.2) is 48.5 Å². The fourth-order valence-electron chi connectivity index (χ4n) is 3.15. The maximum Gasteiger partial charge on any atom is 0.321 e. The SMILES string of the molecule is CC[C@H](C)NC(=O)[C@H]1CCCN(C(=O)Nc2ccc(NC(=O)NCC(C)C)cc2)C1. The Bertz CT molecular complexity index is 720. The average Bonchev–Trinajstić information content (AvgIpc) is 2.73. The van der Waals surface area contributed by atoms with Crippen LogP contribution in [0.15, 0.2) is 24.3 Å². The zero-order valence-corrected chi connectivity index (χ0v) is 18.5. The van der Waals surface area contributed by atoms with Gasteiger partial charge in [0, 0.05) is 37.1 Å². The molecule has 1 aromatic carbocycles. The molecule has 1 fully saturated rings. The number of anilines is 2. The maximum atomic E-state index is 12.6. The molecule has 166 valence electrons. The van der Waals surface area contributed by atoms with Gasteiger partial charge in [-0.3, -0.25) is 4.79 Å². The van der Waals surface area contributed by atoms with Crippen molar-refractivity contribution in [1.29, 1.82) is 0 Å². The quantitative estimate of drug-likeness (QED) is 0.545. The molecule has 0 aliphatic carbocycles. The molecule has 1 saturated heterocycles. The molecule has 1 heterocycles. The van der Waals surface area contributed by atoms with Gasteiger partial charge in [-0.05, 0) is 56.4 Å². The molecule has 0 spiro atoms. The number of nitrogens with zero attached hydrogens (tertiary/aromatic N) is 1. The van der Waals surface area contributed by atoms with E-state index in [1.165, 1.54) is 0 Å². The Morgan fingerprint density at radius 3 is 2.30 bits per heavy atom. The van der Waals surface area contributed by atoms with E-state index in [-0.39, 0.29) is 29.9 Å². The van der Waals surface area contributed by atoms with E-state index in [0.717, 1.165) is 19.3 Å². The smallest absolute Gasteiger partial charge is 0.321 e. The highest BCUT2D eigenvalue weighted by Crippen LogP contribution is 2.19. The van der Waals surface area contributed by atoms with Gasteiger partial charge in [-0.25, -0.2) is 9.59 Å². The Kier molecular flexibility index (Phi) is 8.95. The van der Waals surface area contributed by atoms with E-state index >= 15 is 0 Å². The van der Waals surface area contributed by atoms with E-state index < -0.39 is 0 Å². The second-order valence-electron chi connectivity index (χ2n) is 8.34. The summed E-state index contributed by atoms with van der Waals surface area (Å²) in [6.07, 6.45) is 2.48. The normalized spacial score (nSPS) is 17.2. The van der Waals surface area contributed by atoms with E-state index in [4.69, 9.17) is 0 Å². The fourth-order valence-corrected chi connectivity index (χ4v) is 3.15. The van der Waals surface area contributed by atoms with Crippen molar-refractivity contribution >= 4 is 29.3 Å². The molecule has 2 rings (SSSR count). The lowest BCUT2D eigenvalue weighted by Crippen LogP contribution is -2.48. The molecule has 0 unspecified atom stereocenters. The zero-order valence-electron chi connectivity index (χ0n) is 18.5. The van der Waals surface area contributed by atoms with E-state index in [2.05, 4.69) is 21.3 Å². The number of benzene rings is 1. The number of amides is 5. The van der Waals surface area contributed by atoms with Gasteiger partial charge in [0.15, 0.2) is 0 Å². The number of carbonyl (C=O) groups is 3. The Balaban J connectivity index is 1.85. The molecule has 8 heteroatoms. The average molecular weight is 418 g/mol. The molecular weight excluding hydrogens is 382 g/mol. The van der Waals surface area contributed by atoms with Crippen molar-refractivity contribution in [3.8, 4) is 0 Å². The number of likely N-dealkylation sites (tertiary alicyclic amines) is 1. The van der Waals surface area contributed by atoms with Gasteiger partial charge in [-0.15, -0.1) is 0 Å². The first kappa shape index (κ1) is 23.5. The summed E-state index contributed by atoms with van der Waals surface area (Å²) < 4.78 is 0. The minimum Gasteiger partial charge on any atom is -0.353 e. The van der Waals surface area contributed by atoms with Gasteiger partial charge < -0.3 is 26.2 Å². The number of hydrogen-bond donors (Lipinski definition) is 4. The Morgan fingerprint density at radius 2 is 1.70 bits per heavy atom. The third-order valence-electron chi connectivity index (χ3n) is 5.15. The van der Waals surface area contributed by atoms with Crippen LogP contribution < -0.4 is 21.3 Å². The largest absolute Gasteiger partial charge is 0.353 e. The van der Waals surface area contributed by atoms with Crippen molar-refractivity contribution < 1.29 is 14.4 Å². The number of piperidine rings is 1. The maximum absolute atomic E-state index is 12.6. The number of rotatable bonds is 7. The van der Waals surface area contributed by atoms with Crippen LogP contribution >= 0.6 is 0 Å². The molecule has 0 radical (unpaired) electrons. The third-order valence-corrected chi connectivity index (χ3v) is 5.15. The Morgan fingerprint density at radius 1 is 1.07 bits per heavy atom. The lowest BCUT2D eigenvalue weighted by atomic mass is 9.97. The lowest BCUT2D eigenvalue weighted by Gasteiger charge is -2.32. The summed E-state index contributed by atoms with van der Waals surface area (Å²) in [7, 11) is 0. The molecular formula is C22H35N5O3. The topological polar surface area (TPSA) is 103 Å². The number of nitrogens with one attached hydrogen (secondary N) is 4. The van der Waals surface area contributed by atoms with Crippen molar-refractivity contribution in [3.05, 3.63) is 24.3 Å². The van der Waals surface area contributed by atoms with Crippen LogP contribution in [0.2, 0.25) is 0 Å². The summed E-state index contributed by atoms with van der Waals surface area (Å²) >= 11 is 0. The van der Waals surface area contributed by atoms with Crippen LogP contribution in [0, 0.1) is 11.8 Å². The van der Waals surface area contributed by atoms with Gasteiger partial charge in [0.25, 0.3) is 0 Å². The summed E-state index contributed by atoms with van der Waals surface area (Å²) in [5, 5.41) is 11.4. The van der Waals surface area contributed by atoms with Crippen LogP contribution in [0.4, 0.5) is 21.0 Å². The summed E-state index contributed by atoms with van der Waals surface area (Å²) in [5.41, 5.74) is 1.29. The highest BCUT2D eigenvalue weighted by molar-refractivity contribution is 5.92. The van der Waals surface area contributed by atoms with E-state index in [1.54, 1.807) is 29.2 Å². The van der Waals surface area contributed by atoms with Gasteiger partial charge in [-0.1, -0.05) is 20.8 Å². The van der Waals surface area contributed by atoms with Crippen LogP contribution in [0.3, 0.4) is 0 Å². The lowest BCUT2D eigenvalue weighted by molar-refractivity contribution is -0.126. The van der Waals surface area contributed by atoms with Crippen molar-refractivity contribution in [2.45, 2.75) is 53.0 Å². The molecule has 0 aromatic heterocycles. The van der Waals surface area contributed by atoms with Crippen LogP contribution in [-0.2, 0) is 4.79 Å². The highest BCUT2D eigenvalue weighted by atomic mass is 16.2. The number of carbonyl (C=O) groups excluding carboxylic acids is 3. The molecule has 2 atom stereocenters. The Labute approximate surface area is 179 Å². The van der Waals surface area contributed by atoms with Crippen molar-refractivity contribution in [2.24, 2.45) is 11.8 Å². The molecule has 1 aromatic rings. The van der Waals surface area contributed by atoms with Crippen LogP contribution in [0.1, 0.15) is 47.0 Å². The minimum atomic E-state index is -0.254. The van der Waals surface area contributed by atoms with Gasteiger partial charge in [0.2, 0.25) is 5.91 Å². The third kappa shape index (κ3) is 7.57. The predicted octanol–water partition coefficient (Wildman–Crippen LogP) is 3.62. The Hall–Kier alpha value is -2.77. The molecule has 0 bridgehead atoms. The summed E-state index contributed by atoms with van der Waals surface area (Å²) in [6.45, 7) is 9.73. The van der Waals surface area contributed by atoms with Gasteiger partial charge >= 0.3 is 12.1 Å². The minimum absolute atomic E-state index is 0.0213. The van der Waals surface area contributed by atoms with E-state index in [1.807, 2.05) is 27.7 Å². The molecule has 0 saturated carbocycles. The molecule has 30 heavy (non-hydrogen) atoms. The van der Waals surface area contributed by atoms with Crippen LogP contribution in [0.25, 0.3) is 0 Å². The summed E-state index contributed by atoms with van der Waals surface area (Å²) in [4.78, 5) is 38.5. The summed E-state index contributed by atoms with van der Waals surface area (Å²) in [5.74, 6) is 0.228. The molecule has 4 N–H and O–H groups in total. The van der Waals surface area contributed by atoms with E-state index in [9.17, 15) is 14.4 Å². The second kappa shape index (κ2) is 11.4. The van der Waals surface area contributed by atoms with Gasteiger partial charge in [0.05, 0.1) is 5.92 Å². The van der Waals surface area contributed by atoms with Crippen molar-refractivity contribution in [1.82, 2.24) is 15.5 Å². The van der Waals surface area contributed by atoms with Crippen molar-refractivity contribution in [3.63, 3.8) is 0 Å². The number of hydrogen-bond acceptors (Lipinski definition) is 3. The van der Waals surface area contributed by atoms with Crippen LogP contribution in [0.5, 0.6) is 0 Å². The zero-order chi connectivity index (χ0) is 22.1. The first-order valence-electron chi connectivity index (χ1n) is 10.8. The highest BCUT2D eigenvalue weighted by Gasteiger charge is 2.28. The molecule has 1 aliphatic heterocycles. The first-order valence-corrected chi connectivity index (χ1v) is 10.8. The fraction of sp³-hybridized carbons (Fsp3) is 0.591. The van der Waals surface area contributed by atoms with Gasteiger partial charge in [-0.2, -0.15) is 0 Å². The second-order valence-corrected chi connectivity index (χ2v) is 8.34. The number of urea groups is 2. The van der Waals surface area contributed by atoms with E-state index in [0.29, 0.717) is 36.9 Å². The first-order chi connectivity index (χ1) is 14.3. The molecule has 5 amide bonds. The molecule has 8 nitrogen and oxygen atoms in total. The summed E-state index contributed by atoms with van der Waals surface area (Å²) in [6, 6.07) is 6.63. The monoisotopic (exact) mass is 417 g/mol. The van der Waals surface area contributed by atoms with Crippen molar-refractivity contribution in [2.75, 3.05) is 30.3 Å².